The van der Waals surface area contributed by atoms with Crippen molar-refractivity contribution in [2.24, 2.45) is 0 Å². The molecule has 2 rings (SSSR count). The fourth-order valence-electron chi connectivity index (χ4n) is 3.75. The van der Waals surface area contributed by atoms with Crippen LogP contribution in [0, 0.1) is 0 Å². The first kappa shape index (κ1) is 15.3. The first-order valence-electron chi connectivity index (χ1n) is 8.44. The standard InChI is InChI=1S/C16H33N3/c1-4-17-14(2)15(3)18-12-8-16(9-13-18)19-10-6-5-7-11-19/h14-17H,4-13H2,1-3H3. The van der Waals surface area contributed by atoms with E-state index in [1.807, 2.05) is 0 Å². The molecule has 0 saturated carbocycles. The van der Waals surface area contributed by atoms with E-state index in [0.29, 0.717) is 12.1 Å². The zero-order valence-corrected chi connectivity index (χ0v) is 13.2. The first-order chi connectivity index (χ1) is 9.22. The molecule has 2 fully saturated rings. The van der Waals surface area contributed by atoms with Gasteiger partial charge in [0, 0.05) is 18.1 Å². The number of hydrogen-bond acceptors (Lipinski definition) is 3. The average Bonchev–Trinajstić information content (AvgIpc) is 2.48. The maximum absolute atomic E-state index is 3.57. The summed E-state index contributed by atoms with van der Waals surface area (Å²) in [6, 6.07) is 2.15. The fraction of sp³-hybridized carbons (Fsp3) is 1.00. The fourth-order valence-corrected chi connectivity index (χ4v) is 3.75. The Hall–Kier alpha value is -0.120. The monoisotopic (exact) mass is 267 g/mol. The van der Waals surface area contributed by atoms with Crippen LogP contribution in [-0.4, -0.2) is 60.6 Å². The second kappa shape index (κ2) is 7.61. The van der Waals surface area contributed by atoms with Crippen molar-refractivity contribution in [1.29, 1.82) is 0 Å². The average molecular weight is 267 g/mol. The third kappa shape index (κ3) is 4.17. The molecule has 1 N–H and O–H groups in total. The van der Waals surface area contributed by atoms with Gasteiger partial charge in [0.05, 0.1) is 0 Å². The van der Waals surface area contributed by atoms with Crippen LogP contribution < -0.4 is 5.32 Å². The van der Waals surface area contributed by atoms with Crippen LogP contribution in [0.15, 0.2) is 0 Å². The molecule has 3 heteroatoms. The molecule has 2 saturated heterocycles. The molecule has 0 amide bonds. The van der Waals surface area contributed by atoms with Crippen molar-refractivity contribution in [2.45, 2.75) is 71.0 Å². The molecule has 0 spiro atoms. The Morgan fingerprint density at radius 2 is 1.63 bits per heavy atom. The van der Waals surface area contributed by atoms with Crippen LogP contribution in [0.2, 0.25) is 0 Å². The van der Waals surface area contributed by atoms with E-state index < -0.39 is 0 Å². The molecule has 112 valence electrons. The quantitative estimate of drug-likeness (QED) is 0.825. The molecular formula is C16H33N3. The lowest BCUT2D eigenvalue weighted by Gasteiger charge is -2.43. The predicted molar refractivity (Wildman–Crippen MR) is 82.6 cm³/mol. The second-order valence-corrected chi connectivity index (χ2v) is 6.45. The molecule has 0 aromatic rings. The highest BCUT2D eigenvalue weighted by Gasteiger charge is 2.28. The first-order valence-corrected chi connectivity index (χ1v) is 8.44. The molecule has 2 unspecified atom stereocenters. The molecule has 2 atom stereocenters. The van der Waals surface area contributed by atoms with Gasteiger partial charge in [0.25, 0.3) is 0 Å². The van der Waals surface area contributed by atoms with Gasteiger partial charge in [-0.3, -0.25) is 4.90 Å². The van der Waals surface area contributed by atoms with Gasteiger partial charge in [-0.2, -0.15) is 0 Å². The molecule has 19 heavy (non-hydrogen) atoms. The summed E-state index contributed by atoms with van der Waals surface area (Å²) in [5.74, 6) is 0. The lowest BCUT2D eigenvalue weighted by atomic mass is 9.98. The number of hydrogen-bond donors (Lipinski definition) is 1. The van der Waals surface area contributed by atoms with E-state index in [-0.39, 0.29) is 0 Å². The van der Waals surface area contributed by atoms with Gasteiger partial charge in [-0.25, -0.2) is 0 Å². The Morgan fingerprint density at radius 1 is 1.00 bits per heavy atom. The van der Waals surface area contributed by atoms with Gasteiger partial charge in [0.2, 0.25) is 0 Å². The van der Waals surface area contributed by atoms with E-state index in [0.717, 1.165) is 12.6 Å². The van der Waals surface area contributed by atoms with Crippen LogP contribution in [0.5, 0.6) is 0 Å². The molecular weight excluding hydrogens is 234 g/mol. The van der Waals surface area contributed by atoms with Crippen LogP contribution in [0.1, 0.15) is 52.9 Å². The summed E-state index contributed by atoms with van der Waals surface area (Å²) in [5.41, 5.74) is 0. The van der Waals surface area contributed by atoms with Gasteiger partial charge in [0.15, 0.2) is 0 Å². The van der Waals surface area contributed by atoms with Crippen molar-refractivity contribution >= 4 is 0 Å². The van der Waals surface area contributed by atoms with E-state index in [9.17, 15) is 0 Å². The maximum atomic E-state index is 3.57. The van der Waals surface area contributed by atoms with E-state index in [1.54, 1.807) is 0 Å². The highest BCUT2D eigenvalue weighted by atomic mass is 15.2. The number of piperidine rings is 2. The van der Waals surface area contributed by atoms with Crippen molar-refractivity contribution < 1.29 is 0 Å². The van der Waals surface area contributed by atoms with Crippen LogP contribution in [0.25, 0.3) is 0 Å². The minimum absolute atomic E-state index is 0.608. The van der Waals surface area contributed by atoms with Gasteiger partial charge < -0.3 is 10.2 Å². The van der Waals surface area contributed by atoms with E-state index in [1.165, 1.54) is 58.3 Å². The number of likely N-dealkylation sites (tertiary alicyclic amines) is 2. The van der Waals surface area contributed by atoms with Crippen molar-refractivity contribution in [2.75, 3.05) is 32.7 Å². The number of nitrogens with one attached hydrogen (secondary N) is 1. The Morgan fingerprint density at radius 3 is 2.21 bits per heavy atom. The van der Waals surface area contributed by atoms with Crippen LogP contribution in [-0.2, 0) is 0 Å². The van der Waals surface area contributed by atoms with E-state index >= 15 is 0 Å². The smallest absolute Gasteiger partial charge is 0.0218 e. The third-order valence-corrected chi connectivity index (χ3v) is 5.23. The number of nitrogens with zero attached hydrogens (tertiary/aromatic N) is 2. The van der Waals surface area contributed by atoms with Gasteiger partial charge in [-0.1, -0.05) is 13.3 Å². The minimum Gasteiger partial charge on any atom is -0.313 e. The highest BCUT2D eigenvalue weighted by Crippen LogP contribution is 2.22. The topological polar surface area (TPSA) is 18.5 Å². The van der Waals surface area contributed by atoms with Gasteiger partial charge in [-0.05, 0) is 72.3 Å². The molecule has 0 radical (unpaired) electrons. The summed E-state index contributed by atoms with van der Waals surface area (Å²) >= 11 is 0. The van der Waals surface area contributed by atoms with Crippen molar-refractivity contribution in [1.82, 2.24) is 15.1 Å². The van der Waals surface area contributed by atoms with Crippen LogP contribution >= 0.6 is 0 Å². The minimum atomic E-state index is 0.608. The summed E-state index contributed by atoms with van der Waals surface area (Å²) in [4.78, 5) is 5.45. The van der Waals surface area contributed by atoms with Crippen LogP contribution in [0.3, 0.4) is 0 Å². The SMILES string of the molecule is CCNC(C)C(C)N1CCC(N2CCCCC2)CC1. The van der Waals surface area contributed by atoms with Crippen molar-refractivity contribution in [3.63, 3.8) is 0 Å². The maximum Gasteiger partial charge on any atom is 0.0218 e. The number of rotatable bonds is 5. The van der Waals surface area contributed by atoms with E-state index in [4.69, 9.17) is 0 Å². The third-order valence-electron chi connectivity index (χ3n) is 5.23. The molecule has 0 aromatic carbocycles. The molecule has 2 aliphatic rings. The van der Waals surface area contributed by atoms with Gasteiger partial charge in [-0.15, -0.1) is 0 Å². The molecule has 2 aliphatic heterocycles. The second-order valence-electron chi connectivity index (χ2n) is 6.45. The van der Waals surface area contributed by atoms with Crippen LogP contribution in [0.4, 0.5) is 0 Å². The Bertz CT molecular complexity index is 242. The van der Waals surface area contributed by atoms with Gasteiger partial charge in [0.1, 0.15) is 0 Å². The Balaban J connectivity index is 1.75. The largest absolute Gasteiger partial charge is 0.313 e. The molecule has 0 bridgehead atoms. The molecule has 3 nitrogen and oxygen atoms in total. The highest BCUT2D eigenvalue weighted by molar-refractivity contribution is 4.86. The zero-order chi connectivity index (χ0) is 13.7. The summed E-state index contributed by atoms with van der Waals surface area (Å²) in [6.07, 6.45) is 7.06. The van der Waals surface area contributed by atoms with Crippen molar-refractivity contribution in [3.8, 4) is 0 Å². The number of likely N-dealkylation sites (N-methyl/N-ethyl adjacent to an activating group) is 1. The van der Waals surface area contributed by atoms with Gasteiger partial charge >= 0.3 is 0 Å². The Labute approximate surface area is 119 Å². The summed E-state index contributed by atoms with van der Waals surface area (Å²) in [6.45, 7) is 13.3. The Kier molecular flexibility index (Phi) is 6.11. The summed E-state index contributed by atoms with van der Waals surface area (Å²) < 4.78 is 0. The molecule has 2 heterocycles. The van der Waals surface area contributed by atoms with E-state index in [2.05, 4.69) is 35.9 Å². The normalized spacial score (nSPS) is 27.3. The van der Waals surface area contributed by atoms with Crippen molar-refractivity contribution in [3.05, 3.63) is 0 Å². The lowest BCUT2D eigenvalue weighted by Crippen LogP contribution is -2.53. The lowest BCUT2D eigenvalue weighted by molar-refractivity contribution is 0.0680. The molecule has 0 aromatic heterocycles. The summed E-state index contributed by atoms with van der Waals surface area (Å²) in [5, 5.41) is 3.57. The zero-order valence-electron chi connectivity index (χ0n) is 13.2. The predicted octanol–water partition coefficient (Wildman–Crippen LogP) is 2.32. The molecule has 0 aliphatic carbocycles. The summed E-state index contributed by atoms with van der Waals surface area (Å²) in [7, 11) is 0.